The van der Waals surface area contributed by atoms with Crippen molar-refractivity contribution >= 4 is 20.3 Å². The van der Waals surface area contributed by atoms with Crippen molar-refractivity contribution in [2.45, 2.75) is 90.6 Å². The third-order valence-corrected chi connectivity index (χ3v) is 10.3. The molecule has 2 saturated carbocycles. The van der Waals surface area contributed by atoms with Crippen LogP contribution in [0, 0.1) is 11.8 Å². The molecule has 2 aliphatic rings. The lowest BCUT2D eigenvalue weighted by atomic mass is 9.83. The molecule has 158 valence electrons. The Kier molecular flexibility index (Phi) is 8.96. The average molecular weight is 403 g/mol. The maximum Gasteiger partial charge on any atom is 0.309 e. The molecule has 0 radical (unpaired) electrons. The van der Waals surface area contributed by atoms with Crippen LogP contribution in [-0.4, -0.2) is 50.8 Å². The van der Waals surface area contributed by atoms with Crippen LogP contribution in [0.1, 0.15) is 60.3 Å². The van der Waals surface area contributed by atoms with Crippen molar-refractivity contribution in [1.29, 1.82) is 0 Å². The maximum atomic E-state index is 11.5. The van der Waals surface area contributed by atoms with Crippen LogP contribution in [0.4, 0.5) is 0 Å². The molecule has 0 aromatic heterocycles. The number of hydrogen-bond donors (Lipinski definition) is 1. The van der Waals surface area contributed by atoms with Gasteiger partial charge < -0.3 is 19.0 Å². The Hall–Kier alpha value is -0.923. The summed E-state index contributed by atoms with van der Waals surface area (Å²) in [6.07, 6.45) is 2.84. The van der Waals surface area contributed by atoms with Crippen molar-refractivity contribution in [1.82, 2.24) is 0 Å². The Morgan fingerprint density at radius 1 is 0.926 bits per heavy atom. The molecule has 2 fully saturated rings. The normalized spacial score (nSPS) is 27.4. The first-order chi connectivity index (χ1) is 12.4. The summed E-state index contributed by atoms with van der Waals surface area (Å²) in [5.41, 5.74) is 0. The summed E-state index contributed by atoms with van der Waals surface area (Å²) in [6.45, 7) is 15.8. The molecule has 0 heterocycles. The standard InChI is InChI=1S/C13H26O3Si.C7H12O3/c1-7-15-12(14)10-8-11(9-10)16-17(5,6)13(2,3)4;1-2-10-7(9)5-3-6(8)4-5/h10-11H,7-9H2,1-6H3;5-6,8H,2-4H2,1H3. The number of aliphatic hydroxyl groups is 1. The molecule has 7 heteroatoms. The van der Waals surface area contributed by atoms with E-state index in [0.29, 0.717) is 26.1 Å². The largest absolute Gasteiger partial charge is 0.466 e. The summed E-state index contributed by atoms with van der Waals surface area (Å²) in [5, 5.41) is 9.07. The number of aliphatic hydroxyl groups excluding tert-OH is 1. The Balaban J connectivity index is 0.000000309. The van der Waals surface area contributed by atoms with E-state index in [9.17, 15) is 9.59 Å². The molecule has 0 aromatic rings. The molecule has 0 aromatic carbocycles. The van der Waals surface area contributed by atoms with E-state index in [1.165, 1.54) is 0 Å². The quantitative estimate of drug-likeness (QED) is 0.539. The van der Waals surface area contributed by atoms with Crippen LogP contribution in [0.15, 0.2) is 0 Å². The minimum Gasteiger partial charge on any atom is -0.466 e. The second-order valence-electron chi connectivity index (χ2n) is 8.99. The van der Waals surface area contributed by atoms with Crippen LogP contribution in [0.3, 0.4) is 0 Å². The summed E-state index contributed by atoms with van der Waals surface area (Å²) in [4.78, 5) is 22.3. The zero-order valence-corrected chi connectivity index (χ0v) is 19.0. The van der Waals surface area contributed by atoms with Crippen LogP contribution < -0.4 is 0 Å². The Morgan fingerprint density at radius 3 is 1.67 bits per heavy atom. The predicted molar refractivity (Wildman–Crippen MR) is 107 cm³/mol. The Morgan fingerprint density at radius 2 is 1.33 bits per heavy atom. The highest BCUT2D eigenvalue weighted by Gasteiger charge is 2.44. The lowest BCUT2D eigenvalue weighted by molar-refractivity contribution is -0.155. The molecule has 0 spiro atoms. The van der Waals surface area contributed by atoms with E-state index in [2.05, 4.69) is 33.9 Å². The molecule has 0 amide bonds. The average Bonchev–Trinajstić information content (AvgIpc) is 2.47. The maximum absolute atomic E-state index is 11.5. The summed E-state index contributed by atoms with van der Waals surface area (Å²) in [6, 6.07) is 0. The van der Waals surface area contributed by atoms with Gasteiger partial charge in [-0.15, -0.1) is 0 Å². The molecule has 0 unspecified atom stereocenters. The third kappa shape index (κ3) is 7.20. The fourth-order valence-electron chi connectivity index (χ4n) is 2.75. The molecule has 27 heavy (non-hydrogen) atoms. The highest BCUT2D eigenvalue weighted by Crippen LogP contribution is 2.41. The smallest absolute Gasteiger partial charge is 0.309 e. The molecular weight excluding hydrogens is 364 g/mol. The number of carbonyl (C=O) groups excluding carboxylic acids is 2. The molecule has 0 atom stereocenters. The number of ether oxygens (including phenoxy) is 2. The van der Waals surface area contributed by atoms with Gasteiger partial charge in [0.25, 0.3) is 0 Å². The molecule has 2 rings (SSSR count). The molecule has 6 nitrogen and oxygen atoms in total. The van der Waals surface area contributed by atoms with E-state index in [1.807, 2.05) is 6.92 Å². The minimum atomic E-state index is -1.67. The minimum absolute atomic E-state index is 0.0325. The van der Waals surface area contributed by atoms with Gasteiger partial charge in [0, 0.05) is 6.10 Å². The molecule has 0 bridgehead atoms. The van der Waals surface area contributed by atoms with Crippen molar-refractivity contribution in [2.24, 2.45) is 11.8 Å². The van der Waals surface area contributed by atoms with E-state index < -0.39 is 8.32 Å². The molecule has 1 N–H and O–H groups in total. The Bertz CT molecular complexity index is 487. The zero-order chi connectivity index (χ0) is 20.8. The Labute approximate surface area is 165 Å². The number of rotatable bonds is 6. The van der Waals surface area contributed by atoms with Gasteiger partial charge in [-0.25, -0.2) is 0 Å². The first-order valence-corrected chi connectivity index (χ1v) is 13.0. The lowest BCUT2D eigenvalue weighted by Crippen LogP contribution is -2.48. The van der Waals surface area contributed by atoms with Crippen molar-refractivity contribution in [3.8, 4) is 0 Å². The van der Waals surface area contributed by atoms with Gasteiger partial charge in [-0.3, -0.25) is 9.59 Å². The van der Waals surface area contributed by atoms with E-state index >= 15 is 0 Å². The van der Waals surface area contributed by atoms with Crippen molar-refractivity contribution in [3.63, 3.8) is 0 Å². The van der Waals surface area contributed by atoms with Gasteiger partial charge >= 0.3 is 11.9 Å². The summed E-state index contributed by atoms with van der Waals surface area (Å²) in [7, 11) is -1.67. The second-order valence-corrected chi connectivity index (χ2v) is 13.8. The van der Waals surface area contributed by atoms with E-state index in [1.54, 1.807) is 6.92 Å². The van der Waals surface area contributed by atoms with E-state index in [-0.39, 0.29) is 41.0 Å². The molecule has 2 aliphatic carbocycles. The van der Waals surface area contributed by atoms with Gasteiger partial charge in [-0.2, -0.15) is 0 Å². The van der Waals surface area contributed by atoms with Crippen LogP contribution in [-0.2, 0) is 23.5 Å². The molecule has 0 aliphatic heterocycles. The van der Waals surface area contributed by atoms with Gasteiger partial charge in [0.05, 0.1) is 31.2 Å². The van der Waals surface area contributed by atoms with Crippen molar-refractivity contribution in [3.05, 3.63) is 0 Å². The first kappa shape index (κ1) is 24.1. The van der Waals surface area contributed by atoms with E-state index in [0.717, 1.165) is 12.8 Å². The van der Waals surface area contributed by atoms with Gasteiger partial charge in [-0.1, -0.05) is 20.8 Å². The SMILES string of the molecule is CCOC(=O)C1CC(O)C1.CCOC(=O)C1CC(O[Si](C)(C)C(C)(C)C)C1. The number of carbonyl (C=O) groups is 2. The number of esters is 2. The van der Waals surface area contributed by atoms with Crippen LogP contribution in [0.2, 0.25) is 18.1 Å². The summed E-state index contributed by atoms with van der Waals surface area (Å²) < 4.78 is 16.0. The first-order valence-electron chi connectivity index (χ1n) is 10.1. The predicted octanol–water partition coefficient (Wildman–Crippen LogP) is 3.67. The molecule has 0 saturated heterocycles. The van der Waals surface area contributed by atoms with Gasteiger partial charge in [0.2, 0.25) is 0 Å². The topological polar surface area (TPSA) is 82.1 Å². The second kappa shape index (κ2) is 10.0. The van der Waals surface area contributed by atoms with Crippen LogP contribution in [0.25, 0.3) is 0 Å². The zero-order valence-electron chi connectivity index (χ0n) is 18.0. The molecular formula is C20H38O6Si. The monoisotopic (exact) mass is 402 g/mol. The highest BCUT2D eigenvalue weighted by molar-refractivity contribution is 6.74. The van der Waals surface area contributed by atoms with Crippen molar-refractivity contribution in [2.75, 3.05) is 13.2 Å². The number of hydrogen-bond acceptors (Lipinski definition) is 6. The summed E-state index contributed by atoms with van der Waals surface area (Å²) in [5.74, 6) is -0.171. The summed E-state index contributed by atoms with van der Waals surface area (Å²) >= 11 is 0. The van der Waals surface area contributed by atoms with Gasteiger partial charge in [-0.05, 0) is 57.7 Å². The van der Waals surface area contributed by atoms with Crippen LogP contribution >= 0.6 is 0 Å². The lowest BCUT2D eigenvalue weighted by Gasteiger charge is -2.44. The van der Waals surface area contributed by atoms with Crippen molar-refractivity contribution < 1.29 is 28.6 Å². The fourth-order valence-corrected chi connectivity index (χ4v) is 4.13. The van der Waals surface area contributed by atoms with Gasteiger partial charge in [0.15, 0.2) is 8.32 Å². The van der Waals surface area contributed by atoms with E-state index in [4.69, 9.17) is 19.0 Å². The third-order valence-electron chi connectivity index (χ3n) is 5.72. The highest BCUT2D eigenvalue weighted by atomic mass is 28.4. The van der Waals surface area contributed by atoms with Crippen LogP contribution in [0.5, 0.6) is 0 Å². The fraction of sp³-hybridized carbons (Fsp3) is 0.900. The van der Waals surface area contributed by atoms with Gasteiger partial charge in [0.1, 0.15) is 0 Å².